The fraction of sp³-hybridized carbons (Fsp3) is 0.412. The van der Waals surface area contributed by atoms with E-state index in [4.69, 9.17) is 0 Å². The van der Waals surface area contributed by atoms with Crippen molar-refractivity contribution >= 4 is 5.91 Å². The Labute approximate surface area is 126 Å². The van der Waals surface area contributed by atoms with E-state index in [2.05, 4.69) is 42.3 Å². The van der Waals surface area contributed by atoms with Gasteiger partial charge in [-0.25, -0.2) is 4.98 Å². The van der Waals surface area contributed by atoms with Gasteiger partial charge in [-0.3, -0.25) is 4.79 Å². The summed E-state index contributed by atoms with van der Waals surface area (Å²) in [6.45, 7) is 10.4. The van der Waals surface area contributed by atoms with Crippen LogP contribution in [0.15, 0.2) is 24.5 Å². The van der Waals surface area contributed by atoms with E-state index in [1.54, 1.807) is 6.33 Å². The van der Waals surface area contributed by atoms with Crippen molar-refractivity contribution in [2.45, 2.75) is 47.2 Å². The van der Waals surface area contributed by atoms with Crippen molar-refractivity contribution in [1.82, 2.24) is 14.9 Å². The first kappa shape index (κ1) is 15.3. The Hall–Kier alpha value is -2.10. The molecule has 0 aliphatic carbocycles. The molecule has 2 aromatic rings. The summed E-state index contributed by atoms with van der Waals surface area (Å²) in [6, 6.07) is 6.30. The van der Waals surface area contributed by atoms with Crippen LogP contribution in [0.3, 0.4) is 0 Å². The SMILES string of the molecule is Cc1ccc([C@@H](C)NC(=O)Cn2cnc(C)c2C)cc1C. The lowest BCUT2D eigenvalue weighted by molar-refractivity contribution is -0.122. The topological polar surface area (TPSA) is 46.9 Å². The lowest BCUT2D eigenvalue weighted by Crippen LogP contribution is -2.30. The summed E-state index contributed by atoms with van der Waals surface area (Å²) in [4.78, 5) is 16.4. The molecule has 2 rings (SSSR count). The van der Waals surface area contributed by atoms with Crippen LogP contribution in [0.4, 0.5) is 0 Å². The molecule has 0 aliphatic rings. The molecule has 0 unspecified atom stereocenters. The molecule has 0 saturated heterocycles. The Kier molecular flexibility index (Phi) is 4.46. The van der Waals surface area contributed by atoms with E-state index in [1.807, 2.05) is 25.3 Å². The third-order valence-corrected chi connectivity index (χ3v) is 4.07. The molecule has 1 aromatic carbocycles. The summed E-state index contributed by atoms with van der Waals surface area (Å²) in [6.07, 6.45) is 1.71. The molecule has 0 saturated carbocycles. The highest BCUT2D eigenvalue weighted by molar-refractivity contribution is 5.76. The second-order valence-electron chi connectivity index (χ2n) is 5.68. The normalized spacial score (nSPS) is 12.2. The summed E-state index contributed by atoms with van der Waals surface area (Å²) in [5, 5.41) is 3.04. The Morgan fingerprint density at radius 1 is 1.24 bits per heavy atom. The van der Waals surface area contributed by atoms with Gasteiger partial charge in [0.1, 0.15) is 6.54 Å². The second kappa shape index (κ2) is 6.12. The third kappa shape index (κ3) is 3.51. The van der Waals surface area contributed by atoms with Crippen molar-refractivity contribution in [3.05, 3.63) is 52.6 Å². The lowest BCUT2D eigenvalue weighted by atomic mass is 10.0. The maximum Gasteiger partial charge on any atom is 0.240 e. The molecule has 1 atom stereocenters. The van der Waals surface area contributed by atoms with Crippen LogP contribution in [-0.4, -0.2) is 15.5 Å². The van der Waals surface area contributed by atoms with Gasteiger partial charge in [0.2, 0.25) is 5.91 Å². The number of nitrogens with one attached hydrogen (secondary N) is 1. The van der Waals surface area contributed by atoms with Crippen LogP contribution in [0.1, 0.15) is 41.0 Å². The molecule has 0 bridgehead atoms. The molecule has 1 heterocycles. The number of nitrogens with zero attached hydrogens (tertiary/aromatic N) is 2. The van der Waals surface area contributed by atoms with Crippen molar-refractivity contribution in [1.29, 1.82) is 0 Å². The smallest absolute Gasteiger partial charge is 0.240 e. The van der Waals surface area contributed by atoms with Crippen LogP contribution < -0.4 is 5.32 Å². The maximum absolute atomic E-state index is 12.1. The molecule has 0 aliphatic heterocycles. The summed E-state index contributed by atoms with van der Waals surface area (Å²) in [7, 11) is 0. The largest absolute Gasteiger partial charge is 0.348 e. The number of carbonyl (C=O) groups excluding carboxylic acids is 1. The van der Waals surface area contributed by atoms with Gasteiger partial charge in [-0.15, -0.1) is 0 Å². The minimum absolute atomic E-state index is 0.00114. The third-order valence-electron chi connectivity index (χ3n) is 4.07. The number of aryl methyl sites for hydroxylation is 3. The Morgan fingerprint density at radius 2 is 1.95 bits per heavy atom. The highest BCUT2D eigenvalue weighted by Crippen LogP contribution is 2.16. The van der Waals surface area contributed by atoms with Crippen molar-refractivity contribution in [3.63, 3.8) is 0 Å². The van der Waals surface area contributed by atoms with Crippen LogP contribution in [0.2, 0.25) is 0 Å². The minimum Gasteiger partial charge on any atom is -0.348 e. The van der Waals surface area contributed by atoms with Crippen molar-refractivity contribution < 1.29 is 4.79 Å². The van der Waals surface area contributed by atoms with Crippen LogP contribution in [0, 0.1) is 27.7 Å². The van der Waals surface area contributed by atoms with Gasteiger partial charge in [0, 0.05) is 5.69 Å². The lowest BCUT2D eigenvalue weighted by Gasteiger charge is -2.16. The molecule has 1 N–H and O–H groups in total. The van der Waals surface area contributed by atoms with E-state index in [0.717, 1.165) is 17.0 Å². The van der Waals surface area contributed by atoms with Gasteiger partial charge in [-0.2, -0.15) is 0 Å². The first-order valence-corrected chi connectivity index (χ1v) is 7.23. The first-order chi connectivity index (χ1) is 9.88. The monoisotopic (exact) mass is 285 g/mol. The molecule has 112 valence electrons. The molecule has 1 amide bonds. The maximum atomic E-state index is 12.1. The Balaban J connectivity index is 2.01. The molecule has 0 fully saturated rings. The standard InChI is InChI=1S/C17H23N3O/c1-11-6-7-16(8-12(11)2)14(4)19-17(21)9-20-10-18-13(3)15(20)5/h6-8,10,14H,9H2,1-5H3,(H,19,21)/t14-/m1/s1. The number of hydrogen-bond acceptors (Lipinski definition) is 2. The molecule has 1 aromatic heterocycles. The number of carbonyl (C=O) groups is 1. The van der Waals surface area contributed by atoms with Gasteiger partial charge < -0.3 is 9.88 Å². The minimum atomic E-state index is 0.00114. The number of hydrogen-bond donors (Lipinski definition) is 1. The van der Waals surface area contributed by atoms with E-state index in [1.165, 1.54) is 11.1 Å². The fourth-order valence-electron chi connectivity index (χ4n) is 2.26. The zero-order chi connectivity index (χ0) is 15.6. The molecular formula is C17H23N3O. The summed E-state index contributed by atoms with van der Waals surface area (Å²) >= 11 is 0. The van der Waals surface area contributed by atoms with Crippen LogP contribution in [0.25, 0.3) is 0 Å². The second-order valence-corrected chi connectivity index (χ2v) is 5.68. The molecular weight excluding hydrogens is 262 g/mol. The zero-order valence-electron chi connectivity index (χ0n) is 13.4. The van der Waals surface area contributed by atoms with Crippen molar-refractivity contribution in [3.8, 4) is 0 Å². The Bertz CT molecular complexity index is 658. The fourth-order valence-corrected chi connectivity index (χ4v) is 2.26. The number of imidazole rings is 1. The predicted molar refractivity (Wildman–Crippen MR) is 84.2 cm³/mol. The summed E-state index contributed by atoms with van der Waals surface area (Å²) < 4.78 is 1.87. The average Bonchev–Trinajstić information content (AvgIpc) is 2.73. The zero-order valence-corrected chi connectivity index (χ0v) is 13.4. The molecule has 0 spiro atoms. The van der Waals surface area contributed by atoms with Gasteiger partial charge in [-0.1, -0.05) is 18.2 Å². The van der Waals surface area contributed by atoms with E-state index in [9.17, 15) is 4.79 Å². The number of benzene rings is 1. The van der Waals surface area contributed by atoms with E-state index < -0.39 is 0 Å². The number of rotatable bonds is 4. The first-order valence-electron chi connectivity index (χ1n) is 7.23. The predicted octanol–water partition coefficient (Wildman–Crippen LogP) is 2.99. The quantitative estimate of drug-likeness (QED) is 0.938. The van der Waals surface area contributed by atoms with Crippen molar-refractivity contribution in [2.75, 3.05) is 0 Å². The average molecular weight is 285 g/mol. The van der Waals surface area contributed by atoms with E-state index in [-0.39, 0.29) is 11.9 Å². The highest BCUT2D eigenvalue weighted by atomic mass is 16.2. The van der Waals surface area contributed by atoms with Gasteiger partial charge in [0.15, 0.2) is 0 Å². The number of aromatic nitrogens is 2. The van der Waals surface area contributed by atoms with Gasteiger partial charge >= 0.3 is 0 Å². The molecule has 0 radical (unpaired) electrons. The Morgan fingerprint density at radius 3 is 2.52 bits per heavy atom. The van der Waals surface area contributed by atoms with Gasteiger partial charge in [-0.05, 0) is 51.3 Å². The molecule has 4 nitrogen and oxygen atoms in total. The summed E-state index contributed by atoms with van der Waals surface area (Å²) in [5.74, 6) is 0.00114. The van der Waals surface area contributed by atoms with Crippen LogP contribution in [0.5, 0.6) is 0 Å². The van der Waals surface area contributed by atoms with Gasteiger partial charge in [0.05, 0.1) is 18.1 Å². The van der Waals surface area contributed by atoms with Crippen LogP contribution >= 0.6 is 0 Å². The van der Waals surface area contributed by atoms with E-state index in [0.29, 0.717) is 6.54 Å². The van der Waals surface area contributed by atoms with Crippen LogP contribution in [-0.2, 0) is 11.3 Å². The number of amides is 1. The molecule has 21 heavy (non-hydrogen) atoms. The van der Waals surface area contributed by atoms with Crippen molar-refractivity contribution in [2.24, 2.45) is 0 Å². The van der Waals surface area contributed by atoms with E-state index >= 15 is 0 Å². The van der Waals surface area contributed by atoms with Gasteiger partial charge in [0.25, 0.3) is 0 Å². The molecule has 4 heteroatoms. The highest BCUT2D eigenvalue weighted by Gasteiger charge is 2.12. The summed E-state index contributed by atoms with van der Waals surface area (Å²) in [5.41, 5.74) is 5.63.